The number of halogens is 2. The molecule has 0 radical (unpaired) electrons. The summed E-state index contributed by atoms with van der Waals surface area (Å²) in [4.78, 5) is 29.8. The van der Waals surface area contributed by atoms with Crippen molar-refractivity contribution in [3.8, 4) is 0 Å². The summed E-state index contributed by atoms with van der Waals surface area (Å²) in [6, 6.07) is 18.4. The number of imide groups is 1. The molecule has 30 heavy (non-hydrogen) atoms. The number of carbonyl (C=O) groups is 2. The Morgan fingerprint density at radius 1 is 0.733 bits per heavy atom. The van der Waals surface area contributed by atoms with Gasteiger partial charge in [-0.15, -0.1) is 0 Å². The van der Waals surface area contributed by atoms with E-state index in [1.54, 1.807) is 0 Å². The molecule has 0 aliphatic carbocycles. The summed E-state index contributed by atoms with van der Waals surface area (Å²) in [6.45, 7) is 0.551. The highest BCUT2D eigenvalue weighted by Gasteiger charge is 2.44. The number of amides is 2. The third-order valence-electron chi connectivity index (χ3n) is 5.43. The van der Waals surface area contributed by atoms with Crippen molar-refractivity contribution in [1.82, 2.24) is 0 Å². The summed E-state index contributed by atoms with van der Waals surface area (Å²) in [6.07, 6.45) is 0.744. The van der Waals surface area contributed by atoms with Gasteiger partial charge >= 0.3 is 0 Å². The second-order valence-corrected chi connectivity index (χ2v) is 7.18. The van der Waals surface area contributed by atoms with Crippen LogP contribution in [0.3, 0.4) is 0 Å². The molecule has 2 amide bonds. The molecule has 4 nitrogen and oxygen atoms in total. The molecule has 2 aliphatic rings. The molecule has 0 spiro atoms. The first-order valence-electron chi connectivity index (χ1n) is 9.54. The van der Waals surface area contributed by atoms with Gasteiger partial charge in [0.1, 0.15) is 17.3 Å². The predicted octanol–water partition coefficient (Wildman–Crippen LogP) is 4.31. The minimum atomic E-state index is -0.516. The molecule has 0 fully saturated rings. The van der Waals surface area contributed by atoms with E-state index in [2.05, 4.69) is 0 Å². The zero-order valence-electron chi connectivity index (χ0n) is 15.8. The van der Waals surface area contributed by atoms with E-state index in [4.69, 9.17) is 0 Å². The van der Waals surface area contributed by atoms with E-state index in [1.807, 2.05) is 29.2 Å². The van der Waals surface area contributed by atoms with Crippen LogP contribution < -0.4 is 9.80 Å². The van der Waals surface area contributed by atoms with Crippen LogP contribution in [0.1, 0.15) is 11.1 Å². The number of benzene rings is 3. The number of hydrogen-bond acceptors (Lipinski definition) is 3. The molecule has 2 heterocycles. The first kappa shape index (κ1) is 18.2. The van der Waals surface area contributed by atoms with E-state index in [0.717, 1.165) is 22.6 Å². The molecule has 0 unspecified atom stereocenters. The lowest BCUT2D eigenvalue weighted by Crippen LogP contribution is -2.34. The van der Waals surface area contributed by atoms with Crippen LogP contribution in [0.5, 0.6) is 0 Å². The maximum Gasteiger partial charge on any atom is 0.282 e. The first-order chi connectivity index (χ1) is 14.5. The lowest BCUT2D eigenvalue weighted by molar-refractivity contribution is -0.120. The van der Waals surface area contributed by atoms with Gasteiger partial charge in [-0.25, -0.2) is 13.7 Å². The lowest BCUT2D eigenvalue weighted by atomic mass is 10.0. The number of anilines is 2. The molecule has 2 aliphatic heterocycles. The van der Waals surface area contributed by atoms with E-state index in [-0.39, 0.29) is 17.0 Å². The average Bonchev–Trinajstić information content (AvgIpc) is 3.28. The van der Waals surface area contributed by atoms with Crippen molar-refractivity contribution in [3.05, 3.63) is 101 Å². The summed E-state index contributed by atoms with van der Waals surface area (Å²) in [5.41, 5.74) is 3.16. The molecule has 0 bridgehead atoms. The fraction of sp³-hybridized carbons (Fsp3) is 0.0833. The summed E-state index contributed by atoms with van der Waals surface area (Å²) < 4.78 is 26.9. The molecule has 5 rings (SSSR count). The van der Waals surface area contributed by atoms with Crippen molar-refractivity contribution in [2.75, 3.05) is 16.3 Å². The van der Waals surface area contributed by atoms with E-state index in [0.29, 0.717) is 12.1 Å². The molecule has 6 heteroatoms. The molecule has 3 aromatic carbocycles. The normalized spacial score (nSPS) is 15.9. The molecule has 0 N–H and O–H groups in total. The number of rotatable bonds is 3. The smallest absolute Gasteiger partial charge is 0.282 e. The molecular formula is C24H16F2N2O2. The minimum absolute atomic E-state index is 0.209. The van der Waals surface area contributed by atoms with Crippen molar-refractivity contribution in [1.29, 1.82) is 0 Å². The third kappa shape index (κ3) is 2.80. The summed E-state index contributed by atoms with van der Waals surface area (Å²) in [5.74, 6) is -1.89. The van der Waals surface area contributed by atoms with Gasteiger partial charge in [-0.3, -0.25) is 9.59 Å². The van der Waals surface area contributed by atoms with Crippen LogP contribution in [0.2, 0.25) is 0 Å². The second-order valence-electron chi connectivity index (χ2n) is 7.18. The van der Waals surface area contributed by atoms with Gasteiger partial charge in [0.05, 0.1) is 11.3 Å². The Hall–Kier alpha value is -3.80. The zero-order chi connectivity index (χ0) is 20.8. The standard InChI is InChI=1S/C24H16F2N2O2/c25-17-7-5-16(6-8-17)21-22(27-14-13-15-3-1-2-4-20(15)27)24(30)28(23(21)29)19-11-9-18(26)10-12-19/h1-12H,13-14H2. The van der Waals surface area contributed by atoms with Crippen molar-refractivity contribution in [2.24, 2.45) is 0 Å². The van der Waals surface area contributed by atoms with Crippen molar-refractivity contribution >= 4 is 28.8 Å². The van der Waals surface area contributed by atoms with Gasteiger partial charge in [0.2, 0.25) is 0 Å². The summed E-state index contributed by atoms with van der Waals surface area (Å²) >= 11 is 0. The van der Waals surface area contributed by atoms with Gasteiger partial charge in [-0.05, 0) is 60.0 Å². The van der Waals surface area contributed by atoms with Gasteiger partial charge < -0.3 is 4.90 Å². The minimum Gasteiger partial charge on any atom is -0.336 e. The average molecular weight is 402 g/mol. The van der Waals surface area contributed by atoms with Crippen molar-refractivity contribution in [2.45, 2.75) is 6.42 Å². The monoisotopic (exact) mass is 402 g/mol. The highest BCUT2D eigenvalue weighted by molar-refractivity contribution is 6.46. The Morgan fingerprint density at radius 2 is 1.37 bits per heavy atom. The molecular weight excluding hydrogens is 386 g/mol. The quantitative estimate of drug-likeness (QED) is 0.613. The van der Waals surface area contributed by atoms with Crippen LogP contribution in [0.15, 0.2) is 78.5 Å². The van der Waals surface area contributed by atoms with Crippen molar-refractivity contribution in [3.63, 3.8) is 0 Å². The van der Waals surface area contributed by atoms with Gasteiger partial charge in [0, 0.05) is 12.2 Å². The number of para-hydroxylation sites is 1. The number of hydrogen-bond donors (Lipinski definition) is 0. The van der Waals surface area contributed by atoms with Gasteiger partial charge in [0.15, 0.2) is 0 Å². The summed E-state index contributed by atoms with van der Waals surface area (Å²) in [5, 5.41) is 0. The highest BCUT2D eigenvalue weighted by atomic mass is 19.1. The van der Waals surface area contributed by atoms with Gasteiger partial charge in [0.25, 0.3) is 11.8 Å². The Balaban J connectivity index is 1.68. The van der Waals surface area contributed by atoms with E-state index in [1.165, 1.54) is 48.5 Å². The maximum atomic E-state index is 13.5. The van der Waals surface area contributed by atoms with Crippen LogP contribution in [0.4, 0.5) is 20.2 Å². The van der Waals surface area contributed by atoms with E-state index >= 15 is 0 Å². The largest absolute Gasteiger partial charge is 0.336 e. The van der Waals surface area contributed by atoms with Crippen LogP contribution >= 0.6 is 0 Å². The highest BCUT2D eigenvalue weighted by Crippen LogP contribution is 2.40. The molecule has 148 valence electrons. The predicted molar refractivity (Wildman–Crippen MR) is 110 cm³/mol. The number of carbonyl (C=O) groups excluding carboxylic acids is 2. The maximum absolute atomic E-state index is 13.5. The molecule has 0 saturated carbocycles. The van der Waals surface area contributed by atoms with E-state index < -0.39 is 23.4 Å². The van der Waals surface area contributed by atoms with Crippen molar-refractivity contribution < 1.29 is 18.4 Å². The summed E-state index contributed by atoms with van der Waals surface area (Å²) in [7, 11) is 0. The SMILES string of the molecule is O=C1C(c2ccc(F)cc2)=C(N2CCc3ccccc32)C(=O)N1c1ccc(F)cc1. The Kier molecular flexibility index (Phi) is 4.20. The molecule has 0 saturated heterocycles. The van der Waals surface area contributed by atoms with Crippen LogP contribution in [0.25, 0.3) is 5.57 Å². The topological polar surface area (TPSA) is 40.6 Å². The molecule has 0 atom stereocenters. The van der Waals surface area contributed by atoms with E-state index in [9.17, 15) is 18.4 Å². The first-order valence-corrected chi connectivity index (χ1v) is 9.54. The van der Waals surface area contributed by atoms with Crippen LogP contribution in [0, 0.1) is 11.6 Å². The van der Waals surface area contributed by atoms with Gasteiger partial charge in [-0.2, -0.15) is 0 Å². The fourth-order valence-corrected chi connectivity index (χ4v) is 4.04. The van der Waals surface area contributed by atoms with Crippen LogP contribution in [-0.4, -0.2) is 18.4 Å². The Bertz CT molecular complexity index is 1200. The fourth-order valence-electron chi connectivity index (χ4n) is 4.04. The zero-order valence-corrected chi connectivity index (χ0v) is 15.8. The lowest BCUT2D eigenvalue weighted by Gasteiger charge is -2.21. The number of nitrogens with zero attached hydrogens (tertiary/aromatic N) is 2. The molecule has 0 aromatic heterocycles. The number of fused-ring (bicyclic) bond motifs is 1. The second kappa shape index (κ2) is 6.91. The van der Waals surface area contributed by atoms with Gasteiger partial charge in [-0.1, -0.05) is 30.3 Å². The third-order valence-corrected chi connectivity index (χ3v) is 5.43. The Labute approximate surface area is 171 Å². The Morgan fingerprint density at radius 3 is 2.07 bits per heavy atom. The molecule has 3 aromatic rings. The van der Waals surface area contributed by atoms with Crippen LogP contribution in [-0.2, 0) is 16.0 Å².